The number of rotatable bonds is 9. The van der Waals surface area contributed by atoms with E-state index in [1.54, 1.807) is 18.7 Å². The van der Waals surface area contributed by atoms with Crippen molar-refractivity contribution < 1.29 is 19.1 Å². The molecule has 8 heteroatoms. The first-order chi connectivity index (χ1) is 16.0. The number of halogens is 1. The molecule has 1 heterocycles. The minimum atomic E-state index is -0.667. The van der Waals surface area contributed by atoms with Crippen molar-refractivity contribution in [2.45, 2.75) is 32.4 Å². The molecule has 1 amide bonds. The lowest BCUT2D eigenvalue weighted by molar-refractivity contribution is -0.125. The van der Waals surface area contributed by atoms with E-state index in [1.807, 2.05) is 54.6 Å². The Morgan fingerprint density at radius 2 is 1.85 bits per heavy atom. The Bertz CT molecular complexity index is 1120. The minimum absolute atomic E-state index is 0.124. The molecular weight excluding hydrogens is 442 g/mol. The van der Waals surface area contributed by atoms with Gasteiger partial charge in [-0.2, -0.15) is 5.10 Å². The summed E-state index contributed by atoms with van der Waals surface area (Å²) in [6.07, 6.45) is 2.10. The van der Waals surface area contributed by atoms with Crippen LogP contribution in [-0.2, 0) is 16.1 Å². The molecule has 1 fully saturated rings. The van der Waals surface area contributed by atoms with Gasteiger partial charge in [0.1, 0.15) is 16.5 Å². The number of methoxy groups -OCH3 is 1. The van der Waals surface area contributed by atoms with E-state index in [0.29, 0.717) is 18.2 Å². The monoisotopic (exact) mass is 467 g/mol. The lowest BCUT2D eigenvalue weighted by Gasteiger charge is -2.19. The van der Waals surface area contributed by atoms with E-state index in [1.165, 1.54) is 0 Å². The van der Waals surface area contributed by atoms with E-state index < -0.39 is 12.6 Å². The minimum Gasteiger partial charge on any atom is -0.497 e. The number of carbonyl (C=O) groups is 2. The van der Waals surface area contributed by atoms with Crippen LogP contribution in [0.2, 0.25) is 5.15 Å². The molecule has 1 atom stereocenters. The molecule has 2 aromatic carbocycles. The molecule has 0 bridgehead atoms. The van der Waals surface area contributed by atoms with Crippen LogP contribution in [-0.4, -0.2) is 35.4 Å². The molecule has 1 N–H and O–H groups in total. The average molecular weight is 468 g/mol. The van der Waals surface area contributed by atoms with Crippen LogP contribution in [0.1, 0.15) is 46.1 Å². The number of amides is 1. The number of nitrogens with one attached hydrogen (secondary N) is 1. The van der Waals surface area contributed by atoms with Crippen molar-refractivity contribution in [3.05, 3.63) is 82.1 Å². The zero-order valence-electron chi connectivity index (χ0n) is 18.6. The maximum Gasteiger partial charge on any atom is 0.343 e. The summed E-state index contributed by atoms with van der Waals surface area (Å²) >= 11 is 6.42. The Hall–Kier alpha value is -3.32. The number of carbonyl (C=O) groups excluding carboxylic acids is 2. The van der Waals surface area contributed by atoms with Crippen LogP contribution < -0.4 is 10.1 Å². The van der Waals surface area contributed by atoms with Crippen molar-refractivity contribution in [2.75, 3.05) is 13.7 Å². The van der Waals surface area contributed by atoms with E-state index in [9.17, 15) is 9.59 Å². The van der Waals surface area contributed by atoms with Crippen LogP contribution >= 0.6 is 11.6 Å². The van der Waals surface area contributed by atoms with Crippen LogP contribution in [0.4, 0.5) is 0 Å². The summed E-state index contributed by atoms with van der Waals surface area (Å²) in [5.74, 6) is 0.112. The third-order valence-corrected chi connectivity index (χ3v) is 6.05. The molecule has 4 rings (SSSR count). The number of nitrogens with zero attached hydrogens (tertiary/aromatic N) is 2. The topological polar surface area (TPSA) is 82.4 Å². The second-order valence-electron chi connectivity index (χ2n) is 8.13. The highest BCUT2D eigenvalue weighted by Gasteiger charge is 2.33. The molecule has 0 saturated heterocycles. The third-order valence-electron chi connectivity index (χ3n) is 5.66. The van der Waals surface area contributed by atoms with Gasteiger partial charge in [-0.1, -0.05) is 54.1 Å². The number of aryl methyl sites for hydroxylation is 1. The van der Waals surface area contributed by atoms with E-state index in [2.05, 4.69) is 10.4 Å². The van der Waals surface area contributed by atoms with Crippen molar-refractivity contribution in [1.82, 2.24) is 15.1 Å². The first-order valence-corrected chi connectivity index (χ1v) is 11.2. The summed E-state index contributed by atoms with van der Waals surface area (Å²) in [6, 6.07) is 17.2. The summed E-state index contributed by atoms with van der Waals surface area (Å²) in [5, 5.41) is 7.55. The summed E-state index contributed by atoms with van der Waals surface area (Å²) < 4.78 is 12.0. The molecule has 33 heavy (non-hydrogen) atoms. The Morgan fingerprint density at radius 1 is 1.15 bits per heavy atom. The molecule has 172 valence electrons. The molecule has 1 aromatic heterocycles. The van der Waals surface area contributed by atoms with Gasteiger partial charge in [0.25, 0.3) is 5.91 Å². The maximum atomic E-state index is 12.7. The van der Waals surface area contributed by atoms with Crippen molar-refractivity contribution >= 4 is 23.5 Å². The molecule has 1 aliphatic carbocycles. The molecular formula is C25H26ClN3O4. The molecule has 1 saturated carbocycles. The molecule has 1 aliphatic rings. The largest absolute Gasteiger partial charge is 0.497 e. The van der Waals surface area contributed by atoms with Crippen molar-refractivity contribution in [3.8, 4) is 5.75 Å². The molecule has 0 radical (unpaired) electrons. The number of hydrogen-bond acceptors (Lipinski definition) is 5. The molecule has 0 aliphatic heterocycles. The van der Waals surface area contributed by atoms with Gasteiger partial charge in [-0.25, -0.2) is 9.48 Å². The van der Waals surface area contributed by atoms with Gasteiger partial charge in [-0.15, -0.1) is 0 Å². The van der Waals surface area contributed by atoms with Gasteiger partial charge in [0.05, 0.1) is 25.4 Å². The quantitative estimate of drug-likeness (QED) is 0.474. The normalized spacial score (nSPS) is 13.9. The van der Waals surface area contributed by atoms with E-state index in [-0.39, 0.29) is 22.7 Å². The van der Waals surface area contributed by atoms with Gasteiger partial charge in [-0.3, -0.25) is 4.79 Å². The van der Waals surface area contributed by atoms with E-state index >= 15 is 0 Å². The second-order valence-corrected chi connectivity index (χ2v) is 8.48. The van der Waals surface area contributed by atoms with E-state index in [0.717, 1.165) is 29.7 Å². The molecule has 7 nitrogen and oxygen atoms in total. The first-order valence-electron chi connectivity index (χ1n) is 10.8. The molecule has 1 unspecified atom stereocenters. The van der Waals surface area contributed by atoms with Crippen LogP contribution in [0.5, 0.6) is 5.75 Å². The van der Waals surface area contributed by atoms with Gasteiger partial charge in [0.2, 0.25) is 0 Å². The standard InChI is InChI=1S/C25H26ClN3O4/c1-16-22(24(26)29(28-16)14-17-6-4-3-5-7-17)25(31)33-15-21(30)27-23(18-8-9-18)19-10-12-20(32-2)13-11-19/h3-7,10-13,18,23H,8-9,14-15H2,1-2H3,(H,27,30). The average Bonchev–Trinajstić information content (AvgIpc) is 3.63. The molecule has 0 spiro atoms. The zero-order valence-corrected chi connectivity index (χ0v) is 19.3. The number of hydrogen-bond donors (Lipinski definition) is 1. The Morgan fingerprint density at radius 3 is 2.48 bits per heavy atom. The van der Waals surface area contributed by atoms with Gasteiger partial charge in [0, 0.05) is 0 Å². The van der Waals surface area contributed by atoms with Crippen molar-refractivity contribution in [3.63, 3.8) is 0 Å². The number of ether oxygens (including phenoxy) is 2. The highest BCUT2D eigenvalue weighted by atomic mass is 35.5. The number of benzene rings is 2. The SMILES string of the molecule is COc1ccc(C(NC(=O)COC(=O)c2c(C)nn(Cc3ccccc3)c2Cl)C2CC2)cc1. The van der Waals surface area contributed by atoms with E-state index in [4.69, 9.17) is 21.1 Å². The van der Waals surface area contributed by atoms with Gasteiger partial charge in [0.15, 0.2) is 6.61 Å². The van der Waals surface area contributed by atoms with Crippen LogP contribution in [0.15, 0.2) is 54.6 Å². The smallest absolute Gasteiger partial charge is 0.343 e. The predicted octanol–water partition coefficient (Wildman–Crippen LogP) is 4.33. The Balaban J connectivity index is 1.37. The van der Waals surface area contributed by atoms with Gasteiger partial charge >= 0.3 is 5.97 Å². The Labute approximate surface area is 197 Å². The predicted molar refractivity (Wildman–Crippen MR) is 124 cm³/mol. The third kappa shape index (κ3) is 5.54. The number of esters is 1. The fraction of sp³-hybridized carbons (Fsp3) is 0.320. The lowest BCUT2D eigenvalue weighted by Crippen LogP contribution is -2.33. The highest BCUT2D eigenvalue weighted by molar-refractivity contribution is 6.32. The summed E-state index contributed by atoms with van der Waals surface area (Å²) in [6.45, 7) is 1.73. The van der Waals surface area contributed by atoms with Crippen LogP contribution in [0.25, 0.3) is 0 Å². The fourth-order valence-electron chi connectivity index (χ4n) is 3.78. The van der Waals surface area contributed by atoms with Crippen molar-refractivity contribution in [2.24, 2.45) is 5.92 Å². The summed E-state index contributed by atoms with van der Waals surface area (Å²) in [5.41, 5.74) is 2.63. The fourth-order valence-corrected chi connectivity index (χ4v) is 4.09. The van der Waals surface area contributed by atoms with Gasteiger partial charge in [-0.05, 0) is 48.9 Å². The second kappa shape index (κ2) is 10.1. The summed E-state index contributed by atoms with van der Waals surface area (Å²) in [4.78, 5) is 25.2. The maximum absolute atomic E-state index is 12.7. The summed E-state index contributed by atoms with van der Waals surface area (Å²) in [7, 11) is 1.61. The molecule has 3 aromatic rings. The highest BCUT2D eigenvalue weighted by Crippen LogP contribution is 2.41. The van der Waals surface area contributed by atoms with Crippen LogP contribution in [0.3, 0.4) is 0 Å². The zero-order chi connectivity index (χ0) is 23.4. The lowest BCUT2D eigenvalue weighted by atomic mass is 10.0. The van der Waals surface area contributed by atoms with Crippen molar-refractivity contribution in [1.29, 1.82) is 0 Å². The van der Waals surface area contributed by atoms with Crippen LogP contribution in [0, 0.1) is 12.8 Å². The Kier molecular flexibility index (Phi) is 6.99. The first kappa shape index (κ1) is 22.9. The number of aromatic nitrogens is 2. The van der Waals surface area contributed by atoms with Gasteiger partial charge < -0.3 is 14.8 Å².